The van der Waals surface area contributed by atoms with E-state index in [2.05, 4.69) is 11.4 Å². The third-order valence-corrected chi connectivity index (χ3v) is 4.60. The van der Waals surface area contributed by atoms with Crippen LogP contribution in [0.25, 0.3) is 0 Å². The minimum absolute atomic E-state index is 0.203. The zero-order chi connectivity index (χ0) is 13.2. The Bertz CT molecular complexity index is 532. The van der Waals surface area contributed by atoms with Gasteiger partial charge >= 0.3 is 0 Å². The van der Waals surface area contributed by atoms with Gasteiger partial charge in [-0.05, 0) is 48.8 Å². The van der Waals surface area contributed by atoms with E-state index < -0.39 is 0 Å². The van der Waals surface area contributed by atoms with Crippen molar-refractivity contribution in [3.05, 3.63) is 35.4 Å². The molecule has 0 aromatic heterocycles. The first-order valence-electron chi connectivity index (χ1n) is 7.03. The van der Waals surface area contributed by atoms with Crippen LogP contribution in [0.5, 0.6) is 0 Å². The lowest BCUT2D eigenvalue weighted by Gasteiger charge is -2.20. The molecule has 2 aliphatic rings. The van der Waals surface area contributed by atoms with E-state index in [-0.39, 0.29) is 11.8 Å². The number of nitrogens with zero attached hydrogens (tertiary/aromatic N) is 1. The monoisotopic (exact) mass is 254 g/mol. The second kappa shape index (κ2) is 5.05. The maximum Gasteiger partial charge on any atom is 0.223 e. The van der Waals surface area contributed by atoms with E-state index in [0.717, 1.165) is 17.9 Å². The summed E-state index contributed by atoms with van der Waals surface area (Å²) < 4.78 is 0. The van der Waals surface area contributed by atoms with E-state index in [0.29, 0.717) is 18.0 Å². The van der Waals surface area contributed by atoms with Gasteiger partial charge in [-0.1, -0.05) is 18.6 Å². The molecule has 2 fully saturated rings. The van der Waals surface area contributed by atoms with Gasteiger partial charge in [0.1, 0.15) is 0 Å². The summed E-state index contributed by atoms with van der Waals surface area (Å²) in [4.78, 5) is 12.2. The van der Waals surface area contributed by atoms with Crippen molar-refractivity contribution in [1.29, 1.82) is 5.26 Å². The maximum absolute atomic E-state index is 12.2. The number of carbonyl (C=O) groups excluding carboxylic acids is 1. The van der Waals surface area contributed by atoms with Crippen molar-refractivity contribution in [3.63, 3.8) is 0 Å². The average Bonchev–Trinajstić information content (AvgIpc) is 3.07. The predicted octanol–water partition coefficient (Wildman–Crippen LogP) is 2.61. The highest BCUT2D eigenvalue weighted by Crippen LogP contribution is 2.48. The van der Waals surface area contributed by atoms with E-state index >= 15 is 0 Å². The highest BCUT2D eigenvalue weighted by atomic mass is 16.1. The number of nitrogens with one attached hydrogen (secondary N) is 1. The Morgan fingerprint density at radius 2 is 2.26 bits per heavy atom. The molecule has 0 radical (unpaired) electrons. The van der Waals surface area contributed by atoms with E-state index in [1.165, 1.54) is 19.3 Å². The van der Waals surface area contributed by atoms with Crippen molar-refractivity contribution in [2.45, 2.75) is 32.2 Å². The molecule has 3 nitrogen and oxygen atoms in total. The maximum atomic E-state index is 12.2. The number of fused-ring (bicyclic) bond motifs is 2. The highest BCUT2D eigenvalue weighted by molar-refractivity contribution is 5.79. The molecular formula is C16H18N2O. The van der Waals surface area contributed by atoms with Crippen LogP contribution < -0.4 is 5.32 Å². The van der Waals surface area contributed by atoms with Gasteiger partial charge in [0, 0.05) is 12.5 Å². The van der Waals surface area contributed by atoms with Gasteiger partial charge in [-0.3, -0.25) is 4.79 Å². The van der Waals surface area contributed by atoms with Crippen molar-refractivity contribution in [2.24, 2.45) is 17.8 Å². The average molecular weight is 254 g/mol. The Hall–Kier alpha value is -1.82. The molecule has 3 atom stereocenters. The fourth-order valence-electron chi connectivity index (χ4n) is 3.64. The van der Waals surface area contributed by atoms with E-state index in [4.69, 9.17) is 5.26 Å². The van der Waals surface area contributed by atoms with Crippen LogP contribution in [0.3, 0.4) is 0 Å². The molecule has 1 aromatic rings. The smallest absolute Gasteiger partial charge is 0.223 e. The normalized spacial score (nSPS) is 28.1. The zero-order valence-electron chi connectivity index (χ0n) is 10.9. The standard InChI is InChI=1S/C16H18N2O/c17-9-12-2-1-3-13(6-12)10-18-16(19)15-8-11-4-5-14(15)7-11/h1-3,6,11,14-15H,4-5,7-8,10H2,(H,18,19). The van der Waals surface area contributed by atoms with Crippen molar-refractivity contribution in [1.82, 2.24) is 5.32 Å². The van der Waals surface area contributed by atoms with Crippen LogP contribution in [-0.2, 0) is 11.3 Å². The first kappa shape index (κ1) is 12.2. The molecule has 3 unspecified atom stereocenters. The quantitative estimate of drug-likeness (QED) is 0.901. The van der Waals surface area contributed by atoms with Gasteiger partial charge in [0.15, 0.2) is 0 Å². The van der Waals surface area contributed by atoms with Crippen LogP contribution in [0.1, 0.15) is 36.8 Å². The van der Waals surface area contributed by atoms with Gasteiger partial charge < -0.3 is 5.32 Å². The molecule has 0 heterocycles. The number of hydrogen-bond donors (Lipinski definition) is 1. The predicted molar refractivity (Wildman–Crippen MR) is 71.9 cm³/mol. The Kier molecular flexibility index (Phi) is 3.25. The molecule has 98 valence electrons. The van der Waals surface area contributed by atoms with Gasteiger partial charge in [0.2, 0.25) is 5.91 Å². The second-order valence-electron chi connectivity index (χ2n) is 5.81. The number of rotatable bonds is 3. The Morgan fingerprint density at radius 1 is 1.37 bits per heavy atom. The summed E-state index contributed by atoms with van der Waals surface area (Å²) in [5.74, 6) is 1.85. The lowest BCUT2D eigenvalue weighted by atomic mass is 9.88. The number of carbonyl (C=O) groups is 1. The minimum atomic E-state index is 0.203. The van der Waals surface area contributed by atoms with Crippen LogP contribution in [0.4, 0.5) is 0 Å². The summed E-state index contributed by atoms with van der Waals surface area (Å²) in [5.41, 5.74) is 1.64. The summed E-state index contributed by atoms with van der Waals surface area (Å²) in [6, 6.07) is 9.54. The molecular weight excluding hydrogens is 236 g/mol. The molecule has 0 spiro atoms. The Balaban J connectivity index is 1.57. The third kappa shape index (κ3) is 2.49. The zero-order valence-corrected chi connectivity index (χ0v) is 10.9. The van der Waals surface area contributed by atoms with Crippen molar-refractivity contribution in [2.75, 3.05) is 0 Å². The third-order valence-electron chi connectivity index (χ3n) is 4.60. The Morgan fingerprint density at radius 3 is 2.95 bits per heavy atom. The van der Waals surface area contributed by atoms with Crippen LogP contribution >= 0.6 is 0 Å². The first-order chi connectivity index (χ1) is 9.26. The van der Waals surface area contributed by atoms with E-state index in [9.17, 15) is 4.79 Å². The number of hydrogen-bond acceptors (Lipinski definition) is 2. The highest BCUT2D eigenvalue weighted by Gasteiger charge is 2.42. The molecule has 2 saturated carbocycles. The molecule has 0 saturated heterocycles. The summed E-state index contributed by atoms with van der Waals surface area (Å²) in [6.07, 6.45) is 4.88. The van der Waals surface area contributed by atoms with Gasteiger partial charge in [-0.25, -0.2) is 0 Å². The van der Waals surface area contributed by atoms with Crippen LogP contribution in [0, 0.1) is 29.1 Å². The number of benzene rings is 1. The topological polar surface area (TPSA) is 52.9 Å². The molecule has 1 N–H and O–H groups in total. The van der Waals surface area contributed by atoms with Crippen LogP contribution in [0.15, 0.2) is 24.3 Å². The van der Waals surface area contributed by atoms with Gasteiger partial charge in [-0.15, -0.1) is 0 Å². The SMILES string of the molecule is N#Cc1cccc(CNC(=O)C2CC3CCC2C3)c1. The first-order valence-corrected chi connectivity index (χ1v) is 7.03. The molecule has 3 rings (SSSR count). The number of amides is 1. The second-order valence-corrected chi connectivity index (χ2v) is 5.81. The van der Waals surface area contributed by atoms with Crippen molar-refractivity contribution < 1.29 is 4.79 Å². The summed E-state index contributed by atoms with van der Waals surface area (Å²) >= 11 is 0. The fraction of sp³-hybridized carbons (Fsp3) is 0.500. The van der Waals surface area contributed by atoms with E-state index in [1.807, 2.05) is 18.2 Å². The Labute approximate surface area is 113 Å². The van der Waals surface area contributed by atoms with Crippen LogP contribution in [0.2, 0.25) is 0 Å². The van der Waals surface area contributed by atoms with E-state index in [1.54, 1.807) is 6.07 Å². The van der Waals surface area contributed by atoms with Gasteiger partial charge in [0.25, 0.3) is 0 Å². The molecule has 2 aliphatic carbocycles. The molecule has 1 aromatic carbocycles. The molecule has 0 aliphatic heterocycles. The summed E-state index contributed by atoms with van der Waals surface area (Å²) in [7, 11) is 0. The van der Waals surface area contributed by atoms with Crippen molar-refractivity contribution >= 4 is 5.91 Å². The lowest BCUT2D eigenvalue weighted by molar-refractivity contribution is -0.126. The lowest BCUT2D eigenvalue weighted by Crippen LogP contribution is -2.33. The van der Waals surface area contributed by atoms with Gasteiger partial charge in [0.05, 0.1) is 11.6 Å². The molecule has 3 heteroatoms. The number of nitriles is 1. The molecule has 19 heavy (non-hydrogen) atoms. The molecule has 1 amide bonds. The largest absolute Gasteiger partial charge is 0.352 e. The van der Waals surface area contributed by atoms with Gasteiger partial charge in [-0.2, -0.15) is 5.26 Å². The minimum Gasteiger partial charge on any atom is -0.352 e. The summed E-state index contributed by atoms with van der Waals surface area (Å²) in [5, 5.41) is 11.9. The fourth-order valence-corrected chi connectivity index (χ4v) is 3.64. The van der Waals surface area contributed by atoms with Crippen molar-refractivity contribution in [3.8, 4) is 6.07 Å². The van der Waals surface area contributed by atoms with Crippen LogP contribution in [-0.4, -0.2) is 5.91 Å². The summed E-state index contributed by atoms with van der Waals surface area (Å²) in [6.45, 7) is 0.530. The molecule has 2 bridgehead atoms.